The molecule has 1 saturated heterocycles. The fraction of sp³-hybridized carbons (Fsp3) is 0.467. The molecule has 21 heavy (non-hydrogen) atoms. The first kappa shape index (κ1) is 14.4. The van der Waals surface area contributed by atoms with Gasteiger partial charge in [0.1, 0.15) is 0 Å². The van der Waals surface area contributed by atoms with E-state index in [1.54, 1.807) is 6.07 Å². The van der Waals surface area contributed by atoms with Crippen LogP contribution in [0.15, 0.2) is 18.3 Å². The summed E-state index contributed by atoms with van der Waals surface area (Å²) in [5.41, 5.74) is 2.04. The van der Waals surface area contributed by atoms with Gasteiger partial charge in [-0.1, -0.05) is 0 Å². The lowest BCUT2D eigenvalue weighted by molar-refractivity contribution is 0.0600. The highest BCUT2D eigenvalue weighted by molar-refractivity contribution is 6.18. The van der Waals surface area contributed by atoms with Gasteiger partial charge in [0.25, 0.3) is 0 Å². The topological polar surface area (TPSA) is 53.3 Å². The second-order valence-electron chi connectivity index (χ2n) is 5.15. The molecule has 6 heteroatoms. The van der Waals surface area contributed by atoms with Crippen molar-refractivity contribution in [2.24, 2.45) is 0 Å². The molecular formula is C15H17ClN2O3. The number of hydrogen-bond donors (Lipinski definition) is 0. The summed E-state index contributed by atoms with van der Waals surface area (Å²) < 4.78 is 12.2. The lowest BCUT2D eigenvalue weighted by atomic mass is 10.1. The summed E-state index contributed by atoms with van der Waals surface area (Å²) in [7, 11) is 1.37. The van der Waals surface area contributed by atoms with Gasteiger partial charge in [0, 0.05) is 30.7 Å². The van der Waals surface area contributed by atoms with Gasteiger partial charge in [-0.15, -0.1) is 11.6 Å². The lowest BCUT2D eigenvalue weighted by Crippen LogP contribution is -2.19. The predicted octanol–water partition coefficient (Wildman–Crippen LogP) is 2.91. The summed E-state index contributed by atoms with van der Waals surface area (Å²) in [5.74, 6) is -0.115. The Hall–Kier alpha value is -1.59. The van der Waals surface area contributed by atoms with Crippen LogP contribution < -0.4 is 0 Å². The highest BCUT2D eigenvalue weighted by Gasteiger charge is 2.19. The number of carbonyl (C=O) groups excluding carboxylic acids is 1. The Kier molecular flexibility index (Phi) is 4.12. The second-order valence-corrected chi connectivity index (χ2v) is 5.41. The van der Waals surface area contributed by atoms with Crippen molar-refractivity contribution < 1.29 is 14.3 Å². The molecule has 112 valence electrons. The third kappa shape index (κ3) is 2.76. The fourth-order valence-corrected chi connectivity index (χ4v) is 2.91. The van der Waals surface area contributed by atoms with Crippen LogP contribution in [-0.4, -0.2) is 36.1 Å². The lowest BCUT2D eigenvalue weighted by Gasteiger charge is -2.22. The molecule has 1 aliphatic rings. The zero-order chi connectivity index (χ0) is 14.8. The molecule has 0 unspecified atom stereocenters. The van der Waals surface area contributed by atoms with Gasteiger partial charge in [-0.25, -0.2) is 4.79 Å². The van der Waals surface area contributed by atoms with Gasteiger partial charge >= 0.3 is 5.97 Å². The summed E-state index contributed by atoms with van der Waals surface area (Å²) >= 11 is 5.94. The maximum absolute atomic E-state index is 11.8. The molecule has 2 heterocycles. The van der Waals surface area contributed by atoms with E-state index in [9.17, 15) is 4.79 Å². The molecule has 2 aromatic rings. The standard InChI is InChI=1S/C15H17ClN2O3/c1-20-15(19)13-7-14-11(6-10(13)8-16)9-18(17-14)12-2-4-21-5-3-12/h6-7,9,12H,2-5,8H2,1H3. The molecule has 1 fully saturated rings. The first-order chi connectivity index (χ1) is 10.2. The van der Waals surface area contributed by atoms with Gasteiger partial charge in [-0.3, -0.25) is 4.68 Å². The molecule has 0 spiro atoms. The summed E-state index contributed by atoms with van der Waals surface area (Å²) in [4.78, 5) is 11.8. The van der Waals surface area contributed by atoms with E-state index >= 15 is 0 Å². The third-order valence-corrected chi connectivity index (χ3v) is 4.15. The van der Waals surface area contributed by atoms with Crippen molar-refractivity contribution in [3.8, 4) is 0 Å². The van der Waals surface area contributed by atoms with E-state index in [4.69, 9.17) is 21.1 Å². The van der Waals surface area contributed by atoms with Crippen LogP contribution >= 0.6 is 11.6 Å². The summed E-state index contributed by atoms with van der Waals surface area (Å²) in [6.07, 6.45) is 3.93. The number of aromatic nitrogens is 2. The van der Waals surface area contributed by atoms with Gasteiger partial charge in [0.2, 0.25) is 0 Å². The van der Waals surface area contributed by atoms with Crippen LogP contribution in [0.5, 0.6) is 0 Å². The molecular weight excluding hydrogens is 292 g/mol. The summed E-state index contributed by atoms with van der Waals surface area (Å²) in [6, 6.07) is 4.03. The number of alkyl halides is 1. The predicted molar refractivity (Wildman–Crippen MR) is 79.7 cm³/mol. The van der Waals surface area contributed by atoms with E-state index in [0.29, 0.717) is 11.6 Å². The third-order valence-electron chi connectivity index (χ3n) is 3.86. The van der Waals surface area contributed by atoms with E-state index in [-0.39, 0.29) is 11.8 Å². The highest BCUT2D eigenvalue weighted by Crippen LogP contribution is 2.26. The number of halogens is 1. The Bertz CT molecular complexity index is 662. The number of nitrogens with zero attached hydrogens (tertiary/aromatic N) is 2. The fourth-order valence-electron chi connectivity index (χ4n) is 2.69. The Morgan fingerprint density at radius 2 is 2.24 bits per heavy atom. The normalized spacial score (nSPS) is 16.3. The van der Waals surface area contributed by atoms with Crippen LogP contribution in [0.3, 0.4) is 0 Å². The van der Waals surface area contributed by atoms with Gasteiger partial charge in [-0.2, -0.15) is 5.10 Å². The largest absolute Gasteiger partial charge is 0.465 e. The number of rotatable bonds is 3. The van der Waals surface area contributed by atoms with Crippen molar-refractivity contribution in [1.82, 2.24) is 9.78 Å². The first-order valence-corrected chi connectivity index (χ1v) is 7.50. The molecule has 0 bridgehead atoms. The van der Waals surface area contributed by atoms with Gasteiger partial charge < -0.3 is 9.47 Å². The molecule has 0 saturated carbocycles. The zero-order valence-electron chi connectivity index (χ0n) is 11.8. The van der Waals surface area contributed by atoms with Gasteiger partial charge in [0.05, 0.1) is 24.2 Å². The minimum absolute atomic E-state index is 0.267. The summed E-state index contributed by atoms with van der Waals surface area (Å²) in [5, 5.41) is 5.59. The highest BCUT2D eigenvalue weighted by atomic mass is 35.5. The Morgan fingerprint density at radius 3 is 2.90 bits per heavy atom. The molecule has 5 nitrogen and oxygen atoms in total. The van der Waals surface area contributed by atoms with E-state index in [0.717, 1.165) is 42.5 Å². The quantitative estimate of drug-likeness (QED) is 0.646. The molecule has 0 amide bonds. The van der Waals surface area contributed by atoms with Crippen molar-refractivity contribution >= 4 is 28.5 Å². The number of hydrogen-bond acceptors (Lipinski definition) is 4. The Morgan fingerprint density at radius 1 is 1.48 bits per heavy atom. The van der Waals surface area contributed by atoms with Crippen molar-refractivity contribution in [2.45, 2.75) is 24.8 Å². The van der Waals surface area contributed by atoms with E-state index in [1.165, 1.54) is 7.11 Å². The van der Waals surface area contributed by atoms with E-state index in [1.807, 2.05) is 16.9 Å². The van der Waals surface area contributed by atoms with Crippen LogP contribution in [0.1, 0.15) is 34.8 Å². The van der Waals surface area contributed by atoms with E-state index in [2.05, 4.69) is 5.10 Å². The number of carbonyl (C=O) groups is 1. The number of methoxy groups -OCH3 is 1. The Balaban J connectivity index is 2.02. The number of esters is 1. The zero-order valence-corrected chi connectivity index (χ0v) is 12.6. The van der Waals surface area contributed by atoms with Crippen LogP contribution in [-0.2, 0) is 15.4 Å². The average Bonchev–Trinajstić information content (AvgIpc) is 2.96. The van der Waals surface area contributed by atoms with Crippen LogP contribution in [0.25, 0.3) is 10.9 Å². The minimum atomic E-state index is -0.381. The molecule has 3 rings (SSSR count). The van der Waals surface area contributed by atoms with Gasteiger partial charge in [-0.05, 0) is 30.5 Å². The van der Waals surface area contributed by atoms with Crippen LogP contribution in [0, 0.1) is 0 Å². The second kappa shape index (κ2) is 6.03. The van der Waals surface area contributed by atoms with Crippen molar-refractivity contribution in [1.29, 1.82) is 0 Å². The van der Waals surface area contributed by atoms with Gasteiger partial charge in [0.15, 0.2) is 0 Å². The monoisotopic (exact) mass is 308 g/mol. The Labute approximate surface area is 127 Å². The molecule has 0 aliphatic carbocycles. The van der Waals surface area contributed by atoms with Crippen molar-refractivity contribution in [3.05, 3.63) is 29.5 Å². The van der Waals surface area contributed by atoms with Crippen molar-refractivity contribution in [2.75, 3.05) is 20.3 Å². The first-order valence-electron chi connectivity index (χ1n) is 6.96. The SMILES string of the molecule is COC(=O)c1cc2nn(C3CCOCC3)cc2cc1CCl. The molecule has 0 radical (unpaired) electrons. The summed E-state index contributed by atoms with van der Waals surface area (Å²) in [6.45, 7) is 1.53. The molecule has 0 N–H and O–H groups in total. The molecule has 0 atom stereocenters. The number of ether oxygens (including phenoxy) is 2. The number of fused-ring (bicyclic) bond motifs is 1. The van der Waals surface area contributed by atoms with E-state index < -0.39 is 0 Å². The van der Waals surface area contributed by atoms with Crippen LogP contribution in [0.4, 0.5) is 0 Å². The molecule has 1 aromatic heterocycles. The van der Waals surface area contributed by atoms with Crippen LogP contribution in [0.2, 0.25) is 0 Å². The smallest absolute Gasteiger partial charge is 0.338 e. The number of benzene rings is 1. The molecule has 1 aromatic carbocycles. The maximum atomic E-state index is 11.8. The average molecular weight is 309 g/mol. The maximum Gasteiger partial charge on any atom is 0.338 e. The molecule has 1 aliphatic heterocycles. The minimum Gasteiger partial charge on any atom is -0.465 e. The van der Waals surface area contributed by atoms with Crippen molar-refractivity contribution in [3.63, 3.8) is 0 Å².